The number of alkyl halides is 2. The average Bonchev–Trinajstić information content (AvgIpc) is 2.00. The number of halogens is 2. The molecule has 0 aliphatic heterocycles. The van der Waals surface area contributed by atoms with E-state index in [-0.39, 0.29) is 6.42 Å². The van der Waals surface area contributed by atoms with Crippen molar-refractivity contribution in [3.63, 3.8) is 0 Å². The smallest absolute Gasteiger partial charge is 0.320 e. The zero-order valence-corrected chi connectivity index (χ0v) is 10.1. The Morgan fingerprint density at radius 1 is 1.38 bits per heavy atom. The summed E-state index contributed by atoms with van der Waals surface area (Å²) in [7, 11) is -11.8. The second-order valence-electron chi connectivity index (χ2n) is 3.11. The Kier molecular flexibility index (Phi) is 5.01. The van der Waals surface area contributed by atoms with E-state index in [4.69, 9.17) is 14.7 Å². The van der Waals surface area contributed by atoms with Gasteiger partial charge in [0.25, 0.3) is 0 Å². The highest BCUT2D eigenvalue weighted by Gasteiger charge is 2.64. The Morgan fingerprint density at radius 2 is 1.81 bits per heavy atom. The maximum Gasteiger partial charge on any atom is 0.443 e. The lowest BCUT2D eigenvalue weighted by Crippen LogP contribution is -2.18. The van der Waals surface area contributed by atoms with Crippen molar-refractivity contribution in [2.24, 2.45) is 0 Å². The van der Waals surface area contributed by atoms with Gasteiger partial charge in [0.05, 0.1) is 6.61 Å². The SMILES string of the molecule is C=C(C)CCOP(=O)(O)C(F)(F)P(=O)(O)O. The van der Waals surface area contributed by atoms with Gasteiger partial charge in [0.1, 0.15) is 0 Å². The third kappa shape index (κ3) is 3.73. The van der Waals surface area contributed by atoms with E-state index < -0.39 is 27.2 Å². The molecule has 0 rings (SSSR count). The predicted octanol–water partition coefficient (Wildman–Crippen LogP) is 1.88. The predicted molar refractivity (Wildman–Crippen MR) is 52.2 cm³/mol. The van der Waals surface area contributed by atoms with Crippen LogP contribution < -0.4 is 0 Å². The second kappa shape index (κ2) is 5.04. The highest BCUT2D eigenvalue weighted by Crippen LogP contribution is 2.73. The van der Waals surface area contributed by atoms with Crippen molar-refractivity contribution in [1.82, 2.24) is 0 Å². The Hall–Kier alpha value is -0.100. The standard InChI is InChI=1S/C6H12F2O6P2/c1-5(2)3-4-14-16(12,13)6(7,8)15(9,10)11/h1,3-4H2,2H3,(H,12,13)(H2,9,10,11). The monoisotopic (exact) mass is 280 g/mol. The van der Waals surface area contributed by atoms with Crippen molar-refractivity contribution in [1.29, 1.82) is 0 Å². The molecular formula is C6H12F2O6P2. The molecule has 0 heterocycles. The third-order valence-electron chi connectivity index (χ3n) is 1.49. The molecule has 0 aliphatic carbocycles. The minimum atomic E-state index is -6.05. The quantitative estimate of drug-likeness (QED) is 0.507. The van der Waals surface area contributed by atoms with Gasteiger partial charge in [-0.05, 0) is 13.3 Å². The summed E-state index contributed by atoms with van der Waals surface area (Å²) in [6.07, 6.45) is 0.0296. The van der Waals surface area contributed by atoms with Gasteiger partial charge < -0.3 is 19.2 Å². The van der Waals surface area contributed by atoms with E-state index in [1.807, 2.05) is 0 Å². The van der Waals surface area contributed by atoms with Gasteiger partial charge in [-0.2, -0.15) is 8.78 Å². The molecular weight excluding hydrogens is 268 g/mol. The lowest BCUT2D eigenvalue weighted by molar-refractivity contribution is 0.0926. The molecule has 0 aromatic rings. The van der Waals surface area contributed by atoms with Gasteiger partial charge in [-0.25, -0.2) is 0 Å². The molecule has 16 heavy (non-hydrogen) atoms. The van der Waals surface area contributed by atoms with Crippen molar-refractivity contribution in [3.05, 3.63) is 12.2 Å². The number of rotatable bonds is 6. The molecule has 1 atom stereocenters. The number of hydrogen-bond donors (Lipinski definition) is 3. The zero-order chi connectivity index (χ0) is 13.2. The van der Waals surface area contributed by atoms with Crippen molar-refractivity contribution in [3.8, 4) is 0 Å². The molecule has 0 saturated carbocycles. The largest absolute Gasteiger partial charge is 0.443 e. The molecule has 96 valence electrons. The molecule has 0 amide bonds. The Balaban J connectivity index is 4.73. The van der Waals surface area contributed by atoms with Crippen LogP contribution in [0.25, 0.3) is 0 Å². The summed E-state index contributed by atoms with van der Waals surface area (Å²) in [5.74, 6) is 0. The van der Waals surface area contributed by atoms with Crippen LogP contribution in [0, 0.1) is 0 Å². The normalized spacial score (nSPS) is 16.9. The Bertz CT molecular complexity index is 362. The van der Waals surface area contributed by atoms with Gasteiger partial charge in [0, 0.05) is 0 Å². The Morgan fingerprint density at radius 3 is 2.12 bits per heavy atom. The first-order chi connectivity index (χ1) is 6.92. The lowest BCUT2D eigenvalue weighted by Gasteiger charge is -2.22. The van der Waals surface area contributed by atoms with Crippen molar-refractivity contribution in [2.75, 3.05) is 6.61 Å². The van der Waals surface area contributed by atoms with E-state index in [1.54, 1.807) is 0 Å². The summed E-state index contributed by atoms with van der Waals surface area (Å²) in [4.78, 5) is 25.2. The van der Waals surface area contributed by atoms with Crippen molar-refractivity contribution in [2.45, 2.75) is 18.7 Å². The molecule has 0 radical (unpaired) electrons. The van der Waals surface area contributed by atoms with Crippen molar-refractivity contribution < 1.29 is 37.1 Å². The van der Waals surface area contributed by atoms with Gasteiger partial charge in [-0.3, -0.25) is 9.13 Å². The highest BCUT2D eigenvalue weighted by molar-refractivity contribution is 7.72. The molecule has 0 aromatic carbocycles. The maximum absolute atomic E-state index is 12.8. The molecule has 0 spiro atoms. The van der Waals surface area contributed by atoms with Crippen LogP contribution in [0.1, 0.15) is 13.3 Å². The first kappa shape index (κ1) is 15.9. The highest BCUT2D eigenvalue weighted by atomic mass is 31.2. The zero-order valence-electron chi connectivity index (χ0n) is 8.34. The van der Waals surface area contributed by atoms with E-state index in [0.29, 0.717) is 5.57 Å². The van der Waals surface area contributed by atoms with Gasteiger partial charge in [0.2, 0.25) is 0 Å². The first-order valence-corrected chi connectivity index (χ1v) is 7.16. The average molecular weight is 280 g/mol. The van der Waals surface area contributed by atoms with Crippen LogP contribution in [0.3, 0.4) is 0 Å². The van der Waals surface area contributed by atoms with E-state index in [9.17, 15) is 17.9 Å². The molecule has 0 bridgehead atoms. The summed E-state index contributed by atoms with van der Waals surface area (Å²) < 4.78 is 50.8. The van der Waals surface area contributed by atoms with Crippen LogP contribution in [-0.2, 0) is 13.7 Å². The van der Waals surface area contributed by atoms with Crippen LogP contribution in [0.5, 0.6) is 0 Å². The lowest BCUT2D eigenvalue weighted by atomic mass is 10.3. The minimum Gasteiger partial charge on any atom is -0.320 e. The Labute approximate surface area is 90.6 Å². The van der Waals surface area contributed by atoms with Crippen molar-refractivity contribution >= 4 is 15.2 Å². The van der Waals surface area contributed by atoms with Crippen LogP contribution in [0.4, 0.5) is 8.78 Å². The fraction of sp³-hybridized carbons (Fsp3) is 0.667. The van der Waals surface area contributed by atoms with Crippen LogP contribution in [-0.4, -0.2) is 26.7 Å². The minimum absolute atomic E-state index is 0.0296. The molecule has 0 saturated heterocycles. The fourth-order valence-corrected chi connectivity index (χ4v) is 2.57. The summed E-state index contributed by atoms with van der Waals surface area (Å²) in [5, 5.41) is -5.10. The number of hydrogen-bond acceptors (Lipinski definition) is 3. The molecule has 10 heteroatoms. The first-order valence-electron chi connectivity index (χ1n) is 3.97. The van der Waals surface area contributed by atoms with E-state index in [1.165, 1.54) is 6.92 Å². The summed E-state index contributed by atoms with van der Waals surface area (Å²) >= 11 is 0. The van der Waals surface area contributed by atoms with Gasteiger partial charge in [0.15, 0.2) is 0 Å². The second-order valence-corrected chi connectivity index (χ2v) is 6.98. The van der Waals surface area contributed by atoms with Gasteiger partial charge in [-0.15, -0.1) is 6.58 Å². The molecule has 0 aromatic heterocycles. The third-order valence-corrected chi connectivity index (χ3v) is 4.94. The summed E-state index contributed by atoms with van der Waals surface area (Å²) in [5.41, 5.74) is 0.513. The maximum atomic E-state index is 12.8. The van der Waals surface area contributed by atoms with Gasteiger partial charge >= 0.3 is 20.6 Å². The summed E-state index contributed by atoms with van der Waals surface area (Å²) in [6.45, 7) is 4.36. The topological polar surface area (TPSA) is 104 Å². The fourth-order valence-electron chi connectivity index (χ4n) is 0.586. The molecule has 0 aliphatic rings. The van der Waals surface area contributed by atoms with Crippen LogP contribution in [0.15, 0.2) is 12.2 Å². The summed E-state index contributed by atoms with van der Waals surface area (Å²) in [6, 6.07) is 0. The molecule has 1 unspecified atom stereocenters. The van der Waals surface area contributed by atoms with E-state index in [0.717, 1.165) is 0 Å². The van der Waals surface area contributed by atoms with E-state index >= 15 is 0 Å². The molecule has 3 N–H and O–H groups in total. The molecule has 0 fully saturated rings. The van der Waals surface area contributed by atoms with Crippen LogP contribution >= 0.6 is 15.2 Å². The van der Waals surface area contributed by atoms with Gasteiger partial charge in [-0.1, -0.05) is 5.57 Å². The van der Waals surface area contributed by atoms with Crippen LogP contribution in [0.2, 0.25) is 0 Å². The molecule has 6 nitrogen and oxygen atoms in total. The van der Waals surface area contributed by atoms with E-state index in [2.05, 4.69) is 11.1 Å².